The molecule has 0 aliphatic carbocycles. The highest BCUT2D eigenvalue weighted by Gasteiger charge is 2.42. The largest absolute Gasteiger partial charge is 0.497 e. The molecule has 3 N–H and O–H groups in total. The van der Waals surface area contributed by atoms with E-state index in [2.05, 4.69) is 5.32 Å². The summed E-state index contributed by atoms with van der Waals surface area (Å²) in [5, 5.41) is 8.15. The van der Waals surface area contributed by atoms with Crippen molar-refractivity contribution in [2.45, 2.75) is 23.3 Å². The standard InChI is InChI=1S/C26H27N3O5S/c1-29-24(18-9-11-19(34-2)12-10-18)23(21-5-3-4-6-22(21)26(29)31)25(30)28-16-15-17-7-13-20(14-8-17)35(27,32)33/h3-14,23-24H,15-16H2,1-2H3,(H,28,30)(H2,27,32,33)/t23-,24-/m0/s1. The highest BCUT2D eigenvalue weighted by atomic mass is 32.2. The first-order valence-corrected chi connectivity index (χ1v) is 12.6. The van der Waals surface area contributed by atoms with E-state index < -0.39 is 22.0 Å². The van der Waals surface area contributed by atoms with Gasteiger partial charge in [-0.15, -0.1) is 0 Å². The summed E-state index contributed by atoms with van der Waals surface area (Å²) in [6.07, 6.45) is 0.507. The van der Waals surface area contributed by atoms with E-state index in [0.29, 0.717) is 29.8 Å². The van der Waals surface area contributed by atoms with Crippen molar-refractivity contribution in [2.24, 2.45) is 5.14 Å². The summed E-state index contributed by atoms with van der Waals surface area (Å²) in [4.78, 5) is 28.3. The van der Waals surface area contributed by atoms with Gasteiger partial charge in [0.15, 0.2) is 0 Å². The number of hydrogen-bond acceptors (Lipinski definition) is 5. The Hall–Kier alpha value is -3.69. The van der Waals surface area contributed by atoms with Gasteiger partial charge in [0.2, 0.25) is 15.9 Å². The molecule has 1 aliphatic rings. The summed E-state index contributed by atoms with van der Waals surface area (Å²) in [5.41, 5.74) is 2.89. The van der Waals surface area contributed by atoms with Crippen LogP contribution in [0.2, 0.25) is 0 Å². The van der Waals surface area contributed by atoms with Crippen molar-refractivity contribution in [3.63, 3.8) is 0 Å². The normalized spacial score (nSPS) is 17.6. The van der Waals surface area contributed by atoms with Crippen molar-refractivity contribution in [3.05, 3.63) is 95.1 Å². The minimum atomic E-state index is -3.75. The number of nitrogens with zero attached hydrogens (tertiary/aromatic N) is 1. The smallest absolute Gasteiger partial charge is 0.254 e. The van der Waals surface area contributed by atoms with Gasteiger partial charge in [0.1, 0.15) is 5.75 Å². The van der Waals surface area contributed by atoms with Gasteiger partial charge < -0.3 is 15.0 Å². The van der Waals surface area contributed by atoms with Gasteiger partial charge in [-0.2, -0.15) is 0 Å². The highest BCUT2D eigenvalue weighted by Crippen LogP contribution is 2.42. The van der Waals surface area contributed by atoms with Crippen LogP contribution in [0.4, 0.5) is 0 Å². The lowest BCUT2D eigenvalue weighted by Gasteiger charge is -2.39. The van der Waals surface area contributed by atoms with Gasteiger partial charge in [0.05, 0.1) is 24.0 Å². The van der Waals surface area contributed by atoms with Crippen molar-refractivity contribution >= 4 is 21.8 Å². The van der Waals surface area contributed by atoms with E-state index in [0.717, 1.165) is 11.1 Å². The van der Waals surface area contributed by atoms with Crippen molar-refractivity contribution in [1.82, 2.24) is 10.2 Å². The Kier molecular flexibility index (Phi) is 6.90. The number of primary sulfonamides is 1. The lowest BCUT2D eigenvalue weighted by molar-refractivity contribution is -0.124. The van der Waals surface area contributed by atoms with Crippen LogP contribution >= 0.6 is 0 Å². The van der Waals surface area contributed by atoms with Crippen LogP contribution in [-0.4, -0.2) is 45.8 Å². The molecule has 4 rings (SSSR count). The Labute approximate surface area is 204 Å². The first kappa shape index (κ1) is 24.4. The third-order valence-electron chi connectivity index (χ3n) is 6.28. The second-order valence-electron chi connectivity index (χ2n) is 8.43. The van der Waals surface area contributed by atoms with E-state index in [-0.39, 0.29) is 16.7 Å². The van der Waals surface area contributed by atoms with Gasteiger partial charge in [-0.25, -0.2) is 13.6 Å². The van der Waals surface area contributed by atoms with Crippen LogP contribution in [0, 0.1) is 0 Å². The minimum absolute atomic E-state index is 0.0409. The Bertz CT molecular complexity index is 1340. The van der Waals surface area contributed by atoms with E-state index in [4.69, 9.17) is 9.88 Å². The number of methoxy groups -OCH3 is 1. The fraction of sp³-hybridized carbons (Fsp3) is 0.231. The predicted octanol–water partition coefficient (Wildman–Crippen LogP) is 2.61. The molecular formula is C26H27N3O5S. The number of amides is 2. The summed E-state index contributed by atoms with van der Waals surface area (Å²) in [7, 11) is -0.461. The zero-order valence-electron chi connectivity index (χ0n) is 19.5. The van der Waals surface area contributed by atoms with Gasteiger partial charge in [0.25, 0.3) is 5.91 Å². The fourth-order valence-corrected chi connectivity index (χ4v) is 4.98. The molecule has 0 bridgehead atoms. The molecule has 3 aromatic carbocycles. The van der Waals surface area contributed by atoms with Crippen molar-refractivity contribution in [2.75, 3.05) is 20.7 Å². The van der Waals surface area contributed by atoms with Crippen LogP contribution in [-0.2, 0) is 21.2 Å². The maximum absolute atomic E-state index is 13.5. The summed E-state index contributed by atoms with van der Waals surface area (Å²) >= 11 is 0. The molecule has 0 saturated carbocycles. The second-order valence-corrected chi connectivity index (χ2v) is 9.99. The topological polar surface area (TPSA) is 119 Å². The van der Waals surface area contributed by atoms with Gasteiger partial charge in [-0.3, -0.25) is 9.59 Å². The highest BCUT2D eigenvalue weighted by molar-refractivity contribution is 7.89. The molecule has 2 amide bonds. The Morgan fingerprint density at radius 2 is 1.69 bits per heavy atom. The van der Waals surface area contributed by atoms with E-state index in [1.165, 1.54) is 12.1 Å². The Balaban J connectivity index is 1.58. The monoisotopic (exact) mass is 493 g/mol. The molecule has 35 heavy (non-hydrogen) atoms. The average molecular weight is 494 g/mol. The summed E-state index contributed by atoms with van der Waals surface area (Å²) in [6.45, 7) is 0.346. The molecular weight excluding hydrogens is 466 g/mol. The first-order valence-electron chi connectivity index (χ1n) is 11.1. The maximum atomic E-state index is 13.5. The number of carbonyl (C=O) groups is 2. The molecule has 2 atom stereocenters. The van der Waals surface area contributed by atoms with E-state index in [1.54, 1.807) is 43.3 Å². The molecule has 1 heterocycles. The number of benzene rings is 3. The van der Waals surface area contributed by atoms with Gasteiger partial charge >= 0.3 is 0 Å². The van der Waals surface area contributed by atoms with Crippen LogP contribution in [0.5, 0.6) is 5.75 Å². The number of nitrogens with two attached hydrogens (primary N) is 1. The predicted molar refractivity (Wildman–Crippen MR) is 132 cm³/mol. The number of rotatable bonds is 7. The molecule has 3 aromatic rings. The summed E-state index contributed by atoms with van der Waals surface area (Å²) < 4.78 is 28.1. The Morgan fingerprint density at radius 1 is 1.03 bits per heavy atom. The third-order valence-corrected chi connectivity index (χ3v) is 7.21. The van der Waals surface area contributed by atoms with Crippen molar-refractivity contribution in [3.8, 4) is 5.75 Å². The number of fused-ring (bicyclic) bond motifs is 1. The van der Waals surface area contributed by atoms with Crippen molar-refractivity contribution < 1.29 is 22.7 Å². The second kappa shape index (κ2) is 9.89. The molecule has 0 spiro atoms. The van der Waals surface area contributed by atoms with E-state index in [9.17, 15) is 18.0 Å². The number of ether oxygens (including phenoxy) is 1. The van der Waals surface area contributed by atoms with Gasteiger partial charge in [-0.05, 0) is 53.4 Å². The SMILES string of the molecule is COc1ccc([C@H]2[C@@H](C(=O)NCCc3ccc(S(N)(=O)=O)cc3)c3ccccc3C(=O)N2C)cc1. The summed E-state index contributed by atoms with van der Waals surface area (Å²) in [5.74, 6) is -0.250. The molecule has 0 fully saturated rings. The number of hydrogen-bond donors (Lipinski definition) is 2. The lowest BCUT2D eigenvalue weighted by Crippen LogP contribution is -2.45. The molecule has 0 unspecified atom stereocenters. The maximum Gasteiger partial charge on any atom is 0.254 e. The van der Waals surface area contributed by atoms with Gasteiger partial charge in [-0.1, -0.05) is 42.5 Å². The molecule has 8 nitrogen and oxygen atoms in total. The third kappa shape index (κ3) is 5.06. The fourth-order valence-electron chi connectivity index (χ4n) is 4.46. The average Bonchev–Trinajstić information content (AvgIpc) is 2.86. The Morgan fingerprint density at radius 3 is 2.31 bits per heavy atom. The molecule has 0 saturated heterocycles. The minimum Gasteiger partial charge on any atom is -0.497 e. The zero-order chi connectivity index (χ0) is 25.2. The van der Waals surface area contributed by atoms with Gasteiger partial charge in [0, 0.05) is 19.2 Å². The van der Waals surface area contributed by atoms with E-state index in [1.807, 2.05) is 36.4 Å². The van der Waals surface area contributed by atoms with Crippen LogP contribution in [0.25, 0.3) is 0 Å². The molecule has 0 aromatic heterocycles. The van der Waals surface area contributed by atoms with E-state index >= 15 is 0 Å². The van der Waals surface area contributed by atoms with Crippen LogP contribution in [0.15, 0.2) is 77.7 Å². The quantitative estimate of drug-likeness (QED) is 0.525. The first-order chi connectivity index (χ1) is 16.7. The molecule has 1 aliphatic heterocycles. The molecule has 0 radical (unpaired) electrons. The lowest BCUT2D eigenvalue weighted by atomic mass is 9.79. The van der Waals surface area contributed by atoms with Crippen LogP contribution in [0.3, 0.4) is 0 Å². The number of sulfonamides is 1. The zero-order valence-corrected chi connectivity index (χ0v) is 20.3. The number of carbonyl (C=O) groups excluding carboxylic acids is 2. The number of likely N-dealkylation sites (N-methyl/N-ethyl adjacent to an activating group) is 1. The van der Waals surface area contributed by atoms with Crippen LogP contribution in [0.1, 0.15) is 39.0 Å². The number of nitrogens with one attached hydrogen (secondary N) is 1. The van der Waals surface area contributed by atoms with Crippen LogP contribution < -0.4 is 15.2 Å². The summed E-state index contributed by atoms with van der Waals surface area (Å²) in [6, 6.07) is 20.3. The van der Waals surface area contributed by atoms with Crippen molar-refractivity contribution in [1.29, 1.82) is 0 Å². The molecule has 182 valence electrons. The molecule has 9 heteroatoms.